The van der Waals surface area contributed by atoms with E-state index in [1.807, 2.05) is 0 Å². The molecule has 0 aliphatic carbocycles. The molecule has 0 amide bonds. The Morgan fingerprint density at radius 3 is 2.67 bits per heavy atom. The van der Waals surface area contributed by atoms with Crippen LogP contribution in [0.25, 0.3) is 0 Å². The van der Waals surface area contributed by atoms with E-state index in [0.29, 0.717) is 0 Å². The van der Waals surface area contributed by atoms with Crippen LogP contribution in [-0.2, 0) is 4.79 Å². The highest BCUT2D eigenvalue weighted by Gasteiger charge is 2.39. The number of nitrogens with zero attached hydrogens (tertiary/aromatic N) is 2. The minimum absolute atomic E-state index is 1.29. The second kappa shape index (κ2) is 1.82. The van der Waals surface area contributed by atoms with Crippen LogP contribution in [0.5, 0.6) is 0 Å². The van der Waals surface area contributed by atoms with Gasteiger partial charge in [-0.1, -0.05) is 16.8 Å². The van der Waals surface area contributed by atoms with Crippen molar-refractivity contribution in [2.24, 2.45) is 10.3 Å². The normalized spacial score (nSPS) is 32.1. The van der Waals surface area contributed by atoms with E-state index < -0.39 is 11.1 Å². The molecule has 1 aliphatic rings. The lowest BCUT2D eigenvalue weighted by Crippen LogP contribution is -2.45. The van der Waals surface area contributed by atoms with E-state index in [2.05, 4.69) is 21.3 Å². The molecular formula is C2H3ClN4O2. The van der Waals surface area contributed by atoms with Crippen LogP contribution in [0.2, 0.25) is 0 Å². The summed E-state index contributed by atoms with van der Waals surface area (Å²) < 4.78 is 0. The van der Waals surface area contributed by atoms with Crippen LogP contribution >= 0.6 is 11.6 Å². The quantitative estimate of drug-likeness (QED) is 0.345. The SMILES string of the molecule is O=C(O)C1(Cl)N=NNN1. The van der Waals surface area contributed by atoms with Gasteiger partial charge in [0.1, 0.15) is 0 Å². The second-order valence-corrected chi connectivity index (χ2v) is 1.91. The fourth-order valence-electron chi connectivity index (χ4n) is 0.314. The Morgan fingerprint density at radius 2 is 2.44 bits per heavy atom. The summed E-state index contributed by atoms with van der Waals surface area (Å²) in [6.45, 7) is 0. The third kappa shape index (κ3) is 0.936. The predicted octanol–water partition coefficient (Wildman–Crippen LogP) is -0.561. The summed E-state index contributed by atoms with van der Waals surface area (Å²) in [5.74, 6) is -1.29. The van der Waals surface area contributed by atoms with Gasteiger partial charge >= 0.3 is 11.1 Å². The molecule has 0 fully saturated rings. The lowest BCUT2D eigenvalue weighted by atomic mass is 10.5. The minimum atomic E-state index is -1.82. The third-order valence-electron chi connectivity index (χ3n) is 0.743. The second-order valence-electron chi connectivity index (χ2n) is 1.36. The first-order valence-electron chi connectivity index (χ1n) is 2.01. The Kier molecular flexibility index (Phi) is 1.26. The Hall–Kier alpha value is -0.880. The molecule has 1 rings (SSSR count). The molecule has 0 spiro atoms. The average molecular weight is 151 g/mol. The molecule has 0 aromatic heterocycles. The molecule has 0 aromatic carbocycles. The van der Waals surface area contributed by atoms with E-state index in [9.17, 15) is 4.79 Å². The van der Waals surface area contributed by atoms with Gasteiger partial charge in [0.2, 0.25) is 0 Å². The summed E-state index contributed by atoms with van der Waals surface area (Å²) in [7, 11) is 0. The van der Waals surface area contributed by atoms with E-state index in [1.54, 1.807) is 0 Å². The average Bonchev–Trinajstić information content (AvgIpc) is 2.16. The molecule has 0 saturated carbocycles. The topological polar surface area (TPSA) is 86.1 Å². The van der Waals surface area contributed by atoms with E-state index in [0.717, 1.165) is 0 Å². The van der Waals surface area contributed by atoms with Crippen molar-refractivity contribution < 1.29 is 9.90 Å². The van der Waals surface area contributed by atoms with Crippen LogP contribution in [0.15, 0.2) is 10.3 Å². The van der Waals surface area contributed by atoms with Crippen molar-refractivity contribution in [3.8, 4) is 0 Å². The fourth-order valence-corrected chi connectivity index (χ4v) is 0.394. The molecule has 1 atom stereocenters. The van der Waals surface area contributed by atoms with Gasteiger partial charge in [-0.05, 0) is 0 Å². The Labute approximate surface area is 54.8 Å². The van der Waals surface area contributed by atoms with Crippen molar-refractivity contribution in [1.29, 1.82) is 0 Å². The number of carboxylic acid groups (broad SMARTS) is 1. The van der Waals surface area contributed by atoms with Gasteiger partial charge in [-0.25, -0.2) is 10.3 Å². The number of carboxylic acids is 1. The summed E-state index contributed by atoms with van der Waals surface area (Å²) in [4.78, 5) is 10.1. The number of halogens is 1. The van der Waals surface area contributed by atoms with E-state index >= 15 is 0 Å². The standard InChI is InChI=1S/C2H3ClN4O2/c3-2(1(8)9)4-6-7-5-2/h(H,4,7)(H,5,6)(H,8,9). The maximum Gasteiger partial charge on any atom is 0.366 e. The molecule has 0 bridgehead atoms. The van der Waals surface area contributed by atoms with Gasteiger partial charge in [-0.3, -0.25) is 0 Å². The Bertz CT molecular complexity index is 170. The van der Waals surface area contributed by atoms with Crippen LogP contribution in [0, 0.1) is 0 Å². The van der Waals surface area contributed by atoms with Crippen molar-refractivity contribution in [3.63, 3.8) is 0 Å². The first-order chi connectivity index (χ1) is 4.15. The summed E-state index contributed by atoms with van der Waals surface area (Å²) >= 11 is 5.27. The molecule has 6 nitrogen and oxygen atoms in total. The summed E-state index contributed by atoms with van der Waals surface area (Å²) in [6, 6.07) is 0. The van der Waals surface area contributed by atoms with Crippen molar-refractivity contribution in [1.82, 2.24) is 11.0 Å². The zero-order valence-corrected chi connectivity index (χ0v) is 4.88. The zero-order valence-electron chi connectivity index (χ0n) is 4.13. The largest absolute Gasteiger partial charge is 0.477 e. The first-order valence-corrected chi connectivity index (χ1v) is 2.39. The monoisotopic (exact) mass is 150 g/mol. The molecule has 50 valence electrons. The summed E-state index contributed by atoms with van der Waals surface area (Å²) in [6.07, 6.45) is 0. The molecule has 1 unspecified atom stereocenters. The Balaban J connectivity index is 2.74. The number of hydrogen-bond acceptors (Lipinski definition) is 5. The fraction of sp³-hybridized carbons (Fsp3) is 0.500. The number of carbonyl (C=O) groups is 1. The summed E-state index contributed by atoms with van der Waals surface area (Å²) in [5, 5.41) is 12.7. The Morgan fingerprint density at radius 1 is 1.78 bits per heavy atom. The van der Waals surface area contributed by atoms with Crippen molar-refractivity contribution in [2.75, 3.05) is 0 Å². The number of hydrazine groups is 1. The lowest BCUT2D eigenvalue weighted by Gasteiger charge is -2.07. The molecule has 0 aromatic rings. The molecule has 0 radical (unpaired) electrons. The maximum absolute atomic E-state index is 10.1. The van der Waals surface area contributed by atoms with Crippen molar-refractivity contribution in [2.45, 2.75) is 5.12 Å². The van der Waals surface area contributed by atoms with Gasteiger partial charge in [-0.2, -0.15) is 5.43 Å². The van der Waals surface area contributed by atoms with Gasteiger partial charge < -0.3 is 5.11 Å². The van der Waals surface area contributed by atoms with E-state index in [1.165, 1.54) is 0 Å². The smallest absolute Gasteiger partial charge is 0.366 e. The highest BCUT2D eigenvalue weighted by atomic mass is 35.5. The highest BCUT2D eigenvalue weighted by molar-refractivity contribution is 6.33. The number of rotatable bonds is 1. The molecule has 1 aliphatic heterocycles. The van der Waals surface area contributed by atoms with Gasteiger partial charge in [0, 0.05) is 0 Å². The van der Waals surface area contributed by atoms with E-state index in [4.69, 9.17) is 16.7 Å². The summed E-state index contributed by atoms with van der Waals surface area (Å²) in [5.41, 5.74) is 4.20. The van der Waals surface area contributed by atoms with Gasteiger partial charge in [-0.15, -0.1) is 5.11 Å². The van der Waals surface area contributed by atoms with Gasteiger partial charge in [0.25, 0.3) is 0 Å². The number of nitrogens with one attached hydrogen (secondary N) is 2. The van der Waals surface area contributed by atoms with Gasteiger partial charge in [0.15, 0.2) is 0 Å². The zero-order chi connectivity index (χ0) is 6.91. The molecule has 7 heteroatoms. The van der Waals surface area contributed by atoms with Gasteiger partial charge in [0.05, 0.1) is 0 Å². The number of aliphatic carboxylic acids is 1. The minimum Gasteiger partial charge on any atom is -0.477 e. The van der Waals surface area contributed by atoms with Crippen LogP contribution in [0.4, 0.5) is 0 Å². The third-order valence-corrected chi connectivity index (χ3v) is 1.07. The molecule has 9 heavy (non-hydrogen) atoms. The van der Waals surface area contributed by atoms with Crippen LogP contribution in [0.3, 0.4) is 0 Å². The lowest BCUT2D eigenvalue weighted by molar-refractivity contribution is -0.140. The van der Waals surface area contributed by atoms with E-state index in [-0.39, 0.29) is 0 Å². The first kappa shape index (κ1) is 6.24. The number of hydrogen-bond donors (Lipinski definition) is 3. The number of alkyl halides is 1. The van der Waals surface area contributed by atoms with Crippen LogP contribution < -0.4 is 11.0 Å². The molecule has 3 N–H and O–H groups in total. The molecular weight excluding hydrogens is 148 g/mol. The van der Waals surface area contributed by atoms with Crippen molar-refractivity contribution in [3.05, 3.63) is 0 Å². The highest BCUT2D eigenvalue weighted by Crippen LogP contribution is 2.15. The van der Waals surface area contributed by atoms with Crippen LogP contribution in [-0.4, -0.2) is 16.2 Å². The molecule has 0 saturated heterocycles. The molecule has 1 heterocycles. The predicted molar refractivity (Wildman–Crippen MR) is 27.3 cm³/mol. The van der Waals surface area contributed by atoms with Crippen LogP contribution in [0.1, 0.15) is 0 Å². The maximum atomic E-state index is 10.1. The van der Waals surface area contributed by atoms with Crippen molar-refractivity contribution >= 4 is 17.6 Å².